The first kappa shape index (κ1) is 31.0. The van der Waals surface area contributed by atoms with Crippen molar-refractivity contribution >= 4 is 49.2 Å². The molecule has 0 aliphatic heterocycles. The van der Waals surface area contributed by atoms with Gasteiger partial charge in [0.05, 0.1) is 21.1 Å². The van der Waals surface area contributed by atoms with Crippen molar-refractivity contribution in [3.8, 4) is 22.7 Å². The molecule has 0 fully saturated rings. The van der Waals surface area contributed by atoms with Crippen molar-refractivity contribution in [3.63, 3.8) is 0 Å². The summed E-state index contributed by atoms with van der Waals surface area (Å²) in [5.74, 6) is -0.736. The Bertz CT molecular complexity index is 2180. The second-order valence-electron chi connectivity index (χ2n) is 9.48. The first-order chi connectivity index (χ1) is 20.7. The zero-order valence-corrected chi connectivity index (χ0v) is 25.1. The van der Waals surface area contributed by atoms with Crippen molar-refractivity contribution in [1.82, 2.24) is 18.2 Å². The Balaban J connectivity index is 1.44. The number of sulfonamides is 1. The van der Waals surface area contributed by atoms with Gasteiger partial charge in [-0.1, -0.05) is 29.8 Å². The molecule has 5 rings (SSSR count). The maximum Gasteiger partial charge on any atom is 0.431 e. The van der Waals surface area contributed by atoms with Crippen LogP contribution in [0.15, 0.2) is 81.2 Å². The Labute approximate surface area is 256 Å². The van der Waals surface area contributed by atoms with Crippen LogP contribution < -0.4 is 20.7 Å². The van der Waals surface area contributed by atoms with Gasteiger partial charge < -0.3 is 4.74 Å². The molecule has 0 atom stereocenters. The molecule has 0 bridgehead atoms. The minimum absolute atomic E-state index is 0.0414. The third-order valence-corrected chi connectivity index (χ3v) is 9.23. The van der Waals surface area contributed by atoms with Gasteiger partial charge in [-0.05, 0) is 66.5 Å². The lowest BCUT2D eigenvalue weighted by molar-refractivity contribution is -0.144. The van der Waals surface area contributed by atoms with Gasteiger partial charge in [0.15, 0.2) is 6.61 Å². The van der Waals surface area contributed by atoms with Gasteiger partial charge in [0.1, 0.15) is 16.3 Å². The predicted molar refractivity (Wildman–Crippen MR) is 158 cm³/mol. The van der Waals surface area contributed by atoms with Crippen LogP contribution in [0, 0.1) is 6.92 Å². The maximum atomic E-state index is 13.3. The summed E-state index contributed by atoms with van der Waals surface area (Å²) in [4.78, 5) is 37.6. The van der Waals surface area contributed by atoms with E-state index in [4.69, 9.17) is 16.3 Å². The van der Waals surface area contributed by atoms with Crippen LogP contribution in [0.2, 0.25) is 5.02 Å². The number of halogens is 4. The molecule has 3 aromatic carbocycles. The van der Waals surface area contributed by atoms with Gasteiger partial charge in [-0.15, -0.1) is 0 Å². The van der Waals surface area contributed by atoms with Crippen LogP contribution in [0.4, 0.5) is 13.2 Å². The van der Waals surface area contributed by atoms with Crippen molar-refractivity contribution in [2.75, 3.05) is 6.61 Å². The van der Waals surface area contributed by atoms with Crippen LogP contribution in [0.5, 0.6) is 5.75 Å². The molecular weight excluding hydrogens is 645 g/mol. The largest absolute Gasteiger partial charge is 0.484 e. The van der Waals surface area contributed by atoms with E-state index in [0.29, 0.717) is 36.5 Å². The average molecular weight is 665 g/mol. The standard InChI is InChI=1S/C28H20ClF3N4O6S2/c1-15-7-9-17(42-14-24(37)34-44(40,41)22-6-4-3-5-20(22)29)12-18(15)26-19-11-16(8-10-21(19)43-33-26)36-25(38)13-23(28(30,31)32)35(2)27(36)39/h3-13H,14H2,1-2H3,(H,34,37). The van der Waals surface area contributed by atoms with E-state index < -0.39 is 45.7 Å². The molecule has 0 aliphatic carbocycles. The van der Waals surface area contributed by atoms with E-state index in [9.17, 15) is 36.0 Å². The number of carbonyl (C=O) groups is 1. The summed E-state index contributed by atoms with van der Waals surface area (Å²) in [6, 6.07) is 15.3. The zero-order valence-electron chi connectivity index (χ0n) is 22.7. The van der Waals surface area contributed by atoms with Crippen LogP contribution in [0.3, 0.4) is 0 Å². The van der Waals surface area contributed by atoms with E-state index in [1.165, 1.54) is 30.3 Å². The number of nitrogens with zero attached hydrogens (tertiary/aromatic N) is 3. The number of aromatic nitrogens is 3. The van der Waals surface area contributed by atoms with Gasteiger partial charge in [0.2, 0.25) is 0 Å². The van der Waals surface area contributed by atoms with Gasteiger partial charge in [0.25, 0.3) is 21.5 Å². The number of hydrogen-bond donors (Lipinski definition) is 1. The molecular formula is C28H20ClF3N4O6S2. The molecule has 2 heterocycles. The van der Waals surface area contributed by atoms with E-state index in [1.807, 2.05) is 4.72 Å². The van der Waals surface area contributed by atoms with Crippen molar-refractivity contribution in [1.29, 1.82) is 0 Å². The number of fused-ring (bicyclic) bond motifs is 1. The summed E-state index contributed by atoms with van der Waals surface area (Å²) in [5.41, 5.74) is -1.92. The Hall–Kier alpha value is -4.47. The molecule has 0 aliphatic rings. The highest BCUT2D eigenvalue weighted by Gasteiger charge is 2.35. The monoisotopic (exact) mass is 664 g/mol. The Morgan fingerprint density at radius 3 is 2.50 bits per heavy atom. The number of aryl methyl sites for hydroxylation is 1. The van der Waals surface area contributed by atoms with Crippen LogP contribution >= 0.6 is 23.1 Å². The number of benzene rings is 3. The van der Waals surface area contributed by atoms with Crippen molar-refractivity contribution in [2.24, 2.45) is 7.05 Å². The summed E-state index contributed by atoms with van der Waals surface area (Å²) in [6.45, 7) is 1.14. The van der Waals surface area contributed by atoms with Gasteiger partial charge >= 0.3 is 11.9 Å². The van der Waals surface area contributed by atoms with Crippen LogP contribution in [-0.4, -0.2) is 34.4 Å². The highest BCUT2D eigenvalue weighted by molar-refractivity contribution is 7.90. The number of carbonyl (C=O) groups excluding carboxylic acids is 1. The fraction of sp³-hybridized carbons (Fsp3) is 0.143. The number of alkyl halides is 3. The maximum absolute atomic E-state index is 13.3. The fourth-order valence-electron chi connectivity index (χ4n) is 4.39. The molecule has 228 valence electrons. The van der Waals surface area contributed by atoms with Crippen molar-refractivity contribution in [3.05, 3.63) is 104 Å². The predicted octanol–water partition coefficient (Wildman–Crippen LogP) is 4.68. The molecule has 0 unspecified atom stereocenters. The van der Waals surface area contributed by atoms with Crippen LogP contribution in [-0.2, 0) is 28.0 Å². The lowest BCUT2D eigenvalue weighted by Crippen LogP contribution is -2.40. The highest BCUT2D eigenvalue weighted by atomic mass is 35.5. The average Bonchev–Trinajstić information content (AvgIpc) is 3.37. The first-order valence-corrected chi connectivity index (χ1v) is 15.1. The van der Waals surface area contributed by atoms with Gasteiger partial charge in [0, 0.05) is 24.1 Å². The van der Waals surface area contributed by atoms with E-state index >= 15 is 0 Å². The molecule has 16 heteroatoms. The lowest BCUT2D eigenvalue weighted by atomic mass is 10.0. The summed E-state index contributed by atoms with van der Waals surface area (Å²) in [6.07, 6.45) is -4.89. The quantitative estimate of drug-likeness (QED) is 0.268. The van der Waals surface area contributed by atoms with Crippen LogP contribution in [0.25, 0.3) is 27.0 Å². The van der Waals surface area contributed by atoms with E-state index in [1.54, 1.807) is 37.3 Å². The topological polar surface area (TPSA) is 129 Å². The summed E-state index contributed by atoms with van der Waals surface area (Å²) in [5, 5.41) is 0.448. The molecule has 44 heavy (non-hydrogen) atoms. The normalized spacial score (nSPS) is 12.0. The molecule has 0 saturated carbocycles. The Morgan fingerprint density at radius 2 is 1.80 bits per heavy atom. The second kappa shape index (κ2) is 11.6. The van der Waals surface area contributed by atoms with Crippen molar-refractivity contribution < 1.29 is 31.1 Å². The SMILES string of the molecule is Cc1ccc(OCC(=O)NS(=O)(=O)c2ccccc2Cl)cc1-c1nsc2ccc(-n3c(=O)cc(C(F)(F)F)n(C)c3=O)cc12. The van der Waals surface area contributed by atoms with Gasteiger partial charge in [-0.3, -0.25) is 14.2 Å². The van der Waals surface area contributed by atoms with Gasteiger partial charge in [-0.2, -0.15) is 17.5 Å². The molecule has 1 amide bonds. The van der Waals surface area contributed by atoms with E-state index in [2.05, 4.69) is 4.37 Å². The summed E-state index contributed by atoms with van der Waals surface area (Å²) < 4.78 is 78.6. The first-order valence-electron chi connectivity index (χ1n) is 12.5. The van der Waals surface area contributed by atoms with Gasteiger partial charge in [-0.25, -0.2) is 22.5 Å². The minimum Gasteiger partial charge on any atom is -0.484 e. The summed E-state index contributed by atoms with van der Waals surface area (Å²) in [7, 11) is -3.31. The number of hydrogen-bond acceptors (Lipinski definition) is 8. The third kappa shape index (κ3) is 5.98. The summed E-state index contributed by atoms with van der Waals surface area (Å²) >= 11 is 7.05. The number of rotatable bonds is 7. The molecule has 0 spiro atoms. The van der Waals surface area contributed by atoms with Crippen molar-refractivity contribution in [2.45, 2.75) is 18.0 Å². The number of ether oxygens (including phenoxy) is 1. The minimum atomic E-state index is -4.89. The number of nitrogens with one attached hydrogen (secondary N) is 1. The second-order valence-corrected chi connectivity index (χ2v) is 12.3. The molecule has 1 N–H and O–H groups in total. The molecule has 10 nitrogen and oxygen atoms in total. The molecule has 0 saturated heterocycles. The van der Waals surface area contributed by atoms with Crippen LogP contribution in [0.1, 0.15) is 11.3 Å². The Kier molecular flexibility index (Phi) is 8.13. The highest BCUT2D eigenvalue weighted by Crippen LogP contribution is 2.35. The Morgan fingerprint density at radius 1 is 1.07 bits per heavy atom. The zero-order chi connectivity index (χ0) is 32.0. The molecule has 5 aromatic rings. The molecule has 0 radical (unpaired) electrons. The molecule has 2 aromatic heterocycles. The van der Waals surface area contributed by atoms with E-state index in [-0.39, 0.29) is 21.4 Å². The lowest BCUT2D eigenvalue weighted by Gasteiger charge is -2.14. The fourth-order valence-corrected chi connectivity index (χ4v) is 6.65. The number of amides is 1. The third-order valence-electron chi connectivity index (χ3n) is 6.53. The smallest absolute Gasteiger partial charge is 0.431 e. The van der Waals surface area contributed by atoms with E-state index in [0.717, 1.165) is 24.1 Å².